The number of phenolic OH excluding ortho intramolecular Hbond substituents is 1. The van der Waals surface area contributed by atoms with Gasteiger partial charge in [-0.05, 0) is 110 Å². The summed E-state index contributed by atoms with van der Waals surface area (Å²) in [4.78, 5) is 2.45. The number of benzene rings is 4. The number of aromatic hydroxyl groups is 1. The van der Waals surface area contributed by atoms with Crippen LogP contribution in [0.5, 0.6) is 17.2 Å². The molecule has 6 rings (SSSR count). The van der Waals surface area contributed by atoms with Crippen molar-refractivity contribution in [3.63, 3.8) is 0 Å². The van der Waals surface area contributed by atoms with Crippen LogP contribution in [0.3, 0.4) is 0 Å². The van der Waals surface area contributed by atoms with E-state index in [2.05, 4.69) is 32.4 Å². The van der Waals surface area contributed by atoms with Gasteiger partial charge in [0.2, 0.25) is 0 Å². The number of rotatable bonds is 9. The van der Waals surface area contributed by atoms with Crippen LogP contribution in [0.15, 0.2) is 91.0 Å². The maximum absolute atomic E-state index is 12.8. The molecule has 228 valence electrons. The van der Waals surface area contributed by atoms with Crippen molar-refractivity contribution in [2.24, 2.45) is 0 Å². The molecule has 1 fully saturated rings. The van der Waals surface area contributed by atoms with E-state index in [4.69, 9.17) is 4.74 Å². The van der Waals surface area contributed by atoms with E-state index in [1.165, 1.54) is 31.4 Å². The molecule has 0 amide bonds. The monoisotopic (exact) mass is 600 g/mol. The molecule has 8 heteroatoms. The standard InChI is InChI=1S/C36H35F3N2O3/c1-25-32-23-28(31-7-3-4-8-34(31)42)13-18-33(32)41(35(25)27-11-16-30(17-12-27)44-36(37,38)39)24-26-9-14-29(15-10-26)43-22-21-40-19-5-2-6-20-40/h3-4,7-18,23,42H,2,5-6,19-22,24H2,1H3. The first-order valence-electron chi connectivity index (χ1n) is 15.0. The molecule has 5 nitrogen and oxygen atoms in total. The molecule has 0 bridgehead atoms. The summed E-state index contributed by atoms with van der Waals surface area (Å²) in [5.74, 6) is 0.758. The molecule has 1 N–H and O–H groups in total. The Morgan fingerprint density at radius 1 is 0.795 bits per heavy atom. The van der Waals surface area contributed by atoms with Crippen LogP contribution in [0.4, 0.5) is 13.2 Å². The molecular weight excluding hydrogens is 565 g/mol. The van der Waals surface area contributed by atoms with Gasteiger partial charge in [-0.3, -0.25) is 4.90 Å². The molecule has 0 saturated carbocycles. The van der Waals surface area contributed by atoms with E-state index in [0.29, 0.717) is 13.2 Å². The number of hydrogen-bond acceptors (Lipinski definition) is 4. The summed E-state index contributed by atoms with van der Waals surface area (Å²) in [6.45, 7) is 6.42. The highest BCUT2D eigenvalue weighted by atomic mass is 19.4. The maximum atomic E-state index is 12.8. The summed E-state index contributed by atoms with van der Waals surface area (Å²) in [5, 5.41) is 11.5. The number of para-hydroxylation sites is 1. The lowest BCUT2D eigenvalue weighted by Gasteiger charge is -2.26. The fraction of sp³-hybridized carbons (Fsp3) is 0.278. The van der Waals surface area contributed by atoms with Gasteiger partial charge in [0, 0.05) is 29.6 Å². The third-order valence-corrected chi connectivity index (χ3v) is 8.28. The quantitative estimate of drug-likeness (QED) is 0.184. The van der Waals surface area contributed by atoms with Gasteiger partial charge < -0.3 is 19.1 Å². The minimum Gasteiger partial charge on any atom is -0.507 e. The van der Waals surface area contributed by atoms with Crippen molar-refractivity contribution in [1.29, 1.82) is 0 Å². The van der Waals surface area contributed by atoms with Gasteiger partial charge in [-0.1, -0.05) is 42.8 Å². The zero-order valence-corrected chi connectivity index (χ0v) is 24.6. The van der Waals surface area contributed by atoms with Crippen LogP contribution >= 0.6 is 0 Å². The number of ether oxygens (including phenoxy) is 2. The second-order valence-corrected chi connectivity index (χ2v) is 11.3. The highest BCUT2D eigenvalue weighted by Gasteiger charge is 2.31. The maximum Gasteiger partial charge on any atom is 0.573 e. The summed E-state index contributed by atoms with van der Waals surface area (Å²) < 4.78 is 50.8. The van der Waals surface area contributed by atoms with Gasteiger partial charge in [-0.2, -0.15) is 0 Å². The second kappa shape index (κ2) is 12.7. The highest BCUT2D eigenvalue weighted by Crippen LogP contribution is 2.38. The van der Waals surface area contributed by atoms with Gasteiger partial charge in [-0.25, -0.2) is 0 Å². The fourth-order valence-electron chi connectivity index (χ4n) is 6.11. The van der Waals surface area contributed by atoms with Crippen molar-refractivity contribution in [2.75, 3.05) is 26.2 Å². The largest absolute Gasteiger partial charge is 0.573 e. The molecule has 0 unspecified atom stereocenters. The molecule has 1 saturated heterocycles. The first kappa shape index (κ1) is 29.6. The molecule has 44 heavy (non-hydrogen) atoms. The number of aryl methyl sites for hydroxylation is 1. The van der Waals surface area contributed by atoms with Crippen molar-refractivity contribution in [2.45, 2.75) is 39.1 Å². The van der Waals surface area contributed by atoms with Gasteiger partial charge in [0.25, 0.3) is 0 Å². The lowest BCUT2D eigenvalue weighted by molar-refractivity contribution is -0.274. The van der Waals surface area contributed by atoms with Crippen molar-refractivity contribution in [3.05, 3.63) is 102 Å². The summed E-state index contributed by atoms with van der Waals surface area (Å²) in [6.07, 6.45) is -0.932. The number of alkyl halides is 3. The average Bonchev–Trinajstić information content (AvgIpc) is 3.28. The topological polar surface area (TPSA) is 46.9 Å². The molecule has 1 aliphatic rings. The van der Waals surface area contributed by atoms with Crippen LogP contribution in [0.2, 0.25) is 0 Å². The van der Waals surface area contributed by atoms with Crippen LogP contribution in [0.25, 0.3) is 33.3 Å². The Hall–Kier alpha value is -4.43. The number of likely N-dealkylation sites (tertiary alicyclic amines) is 1. The Labute approximate surface area is 255 Å². The van der Waals surface area contributed by atoms with Crippen molar-refractivity contribution < 1.29 is 27.8 Å². The van der Waals surface area contributed by atoms with Crippen molar-refractivity contribution in [1.82, 2.24) is 9.47 Å². The number of piperidine rings is 1. The van der Waals surface area contributed by atoms with E-state index in [1.807, 2.05) is 43.3 Å². The van der Waals surface area contributed by atoms with Crippen molar-refractivity contribution in [3.8, 4) is 39.6 Å². The smallest absolute Gasteiger partial charge is 0.507 e. The fourth-order valence-corrected chi connectivity index (χ4v) is 6.11. The molecule has 1 aliphatic heterocycles. The lowest BCUT2D eigenvalue weighted by atomic mass is 10.0. The number of fused-ring (bicyclic) bond motifs is 1. The molecule has 4 aromatic carbocycles. The Morgan fingerprint density at radius 3 is 2.18 bits per heavy atom. The van der Waals surface area contributed by atoms with E-state index < -0.39 is 6.36 Å². The minimum atomic E-state index is -4.75. The Balaban J connectivity index is 1.31. The first-order valence-corrected chi connectivity index (χ1v) is 15.0. The van der Waals surface area contributed by atoms with Crippen LogP contribution in [0.1, 0.15) is 30.4 Å². The molecule has 0 spiro atoms. The van der Waals surface area contributed by atoms with E-state index in [9.17, 15) is 18.3 Å². The Kier molecular flexibility index (Phi) is 8.53. The van der Waals surface area contributed by atoms with Crippen LogP contribution < -0.4 is 9.47 Å². The van der Waals surface area contributed by atoms with Gasteiger partial charge in [-0.15, -0.1) is 13.2 Å². The third-order valence-electron chi connectivity index (χ3n) is 8.28. The van der Waals surface area contributed by atoms with Crippen LogP contribution in [-0.2, 0) is 6.54 Å². The predicted molar refractivity (Wildman–Crippen MR) is 167 cm³/mol. The normalized spacial score (nSPS) is 14.2. The van der Waals surface area contributed by atoms with E-state index in [1.54, 1.807) is 24.3 Å². The zero-order valence-electron chi connectivity index (χ0n) is 24.6. The van der Waals surface area contributed by atoms with Crippen LogP contribution in [-0.4, -0.2) is 47.2 Å². The van der Waals surface area contributed by atoms with Crippen LogP contribution in [0, 0.1) is 6.92 Å². The molecule has 0 atom stereocenters. The Bertz CT molecular complexity index is 1720. The third kappa shape index (κ3) is 6.70. The summed E-state index contributed by atoms with van der Waals surface area (Å²) >= 11 is 0. The number of hydrogen-bond donors (Lipinski definition) is 1. The molecule has 1 aromatic heterocycles. The number of halogens is 3. The van der Waals surface area contributed by atoms with Gasteiger partial charge in [0.15, 0.2) is 0 Å². The SMILES string of the molecule is Cc1c(-c2ccc(OC(F)(F)F)cc2)n(Cc2ccc(OCCN3CCCCC3)cc2)c2ccc(-c3ccccc3O)cc12. The summed E-state index contributed by atoms with van der Waals surface area (Å²) in [7, 11) is 0. The minimum absolute atomic E-state index is 0.197. The molecule has 0 aliphatic carbocycles. The Morgan fingerprint density at radius 2 is 1.48 bits per heavy atom. The number of phenols is 1. The number of aromatic nitrogens is 1. The van der Waals surface area contributed by atoms with Gasteiger partial charge in [0.05, 0.1) is 5.69 Å². The lowest BCUT2D eigenvalue weighted by Crippen LogP contribution is -2.33. The van der Waals surface area contributed by atoms with Crippen molar-refractivity contribution >= 4 is 10.9 Å². The van der Waals surface area contributed by atoms with E-state index in [-0.39, 0.29) is 11.5 Å². The average molecular weight is 601 g/mol. The van der Waals surface area contributed by atoms with Gasteiger partial charge >= 0.3 is 6.36 Å². The second-order valence-electron chi connectivity index (χ2n) is 11.3. The molecule has 5 aromatic rings. The highest BCUT2D eigenvalue weighted by molar-refractivity contribution is 5.95. The van der Waals surface area contributed by atoms with E-state index >= 15 is 0 Å². The molecular formula is C36H35F3N2O3. The zero-order chi connectivity index (χ0) is 30.7. The van der Waals surface area contributed by atoms with E-state index in [0.717, 1.165) is 69.8 Å². The summed E-state index contributed by atoms with van der Waals surface area (Å²) in [6, 6.07) is 27.4. The predicted octanol–water partition coefficient (Wildman–Crippen LogP) is 8.80. The molecule has 2 heterocycles. The molecule has 0 radical (unpaired) electrons. The number of nitrogens with zero attached hydrogens (tertiary/aromatic N) is 2. The first-order chi connectivity index (χ1) is 21.2. The summed E-state index contributed by atoms with van der Waals surface area (Å²) in [5.41, 5.74) is 6.31. The van der Waals surface area contributed by atoms with Gasteiger partial charge in [0.1, 0.15) is 23.9 Å².